The Morgan fingerprint density at radius 1 is 1.00 bits per heavy atom. The van der Waals surface area contributed by atoms with E-state index in [0.717, 1.165) is 5.92 Å². The van der Waals surface area contributed by atoms with Crippen molar-refractivity contribution in [1.82, 2.24) is 0 Å². The number of unbranched alkanes of at least 4 members (excludes halogenated alkanes) is 8. The molecule has 1 aliphatic carbocycles. The summed E-state index contributed by atoms with van der Waals surface area (Å²) in [5.41, 5.74) is 0. The average Bonchev–Trinajstić information content (AvgIpc) is 2.80. The molecule has 0 fully saturated rings. The van der Waals surface area contributed by atoms with Gasteiger partial charge in [-0.15, -0.1) is 0 Å². The Morgan fingerprint density at radius 3 is 2.31 bits per heavy atom. The van der Waals surface area contributed by atoms with Crippen LogP contribution < -0.4 is 0 Å². The zero-order valence-electron chi connectivity index (χ0n) is 11.1. The van der Waals surface area contributed by atoms with Gasteiger partial charge in [-0.1, -0.05) is 70.4 Å². The van der Waals surface area contributed by atoms with Gasteiger partial charge >= 0.3 is 0 Å². The molecular formula is C16H29. The van der Waals surface area contributed by atoms with E-state index in [4.69, 9.17) is 0 Å². The van der Waals surface area contributed by atoms with E-state index in [1.807, 2.05) is 0 Å². The molecule has 1 rings (SSSR count). The van der Waals surface area contributed by atoms with E-state index in [0.29, 0.717) is 0 Å². The van der Waals surface area contributed by atoms with Gasteiger partial charge in [-0.3, -0.25) is 0 Å². The number of hydrogen-bond donors (Lipinski definition) is 0. The van der Waals surface area contributed by atoms with Crippen LogP contribution in [-0.4, -0.2) is 0 Å². The molecule has 0 heteroatoms. The Morgan fingerprint density at radius 2 is 1.69 bits per heavy atom. The Hall–Kier alpha value is -0.260. The first-order valence-electron chi connectivity index (χ1n) is 7.43. The number of hydrogen-bond acceptors (Lipinski definition) is 0. The van der Waals surface area contributed by atoms with Crippen LogP contribution in [0.5, 0.6) is 0 Å². The number of allylic oxidation sites excluding steroid dienone is 2. The third-order valence-electron chi connectivity index (χ3n) is 3.58. The van der Waals surface area contributed by atoms with Crippen LogP contribution in [0.25, 0.3) is 0 Å². The smallest absolute Gasteiger partial charge is 0.0199 e. The molecule has 0 bridgehead atoms. The van der Waals surface area contributed by atoms with E-state index in [-0.39, 0.29) is 0 Å². The topological polar surface area (TPSA) is 0 Å². The molecule has 0 aromatic carbocycles. The minimum absolute atomic E-state index is 0.810. The van der Waals surface area contributed by atoms with Crippen LogP contribution in [0.15, 0.2) is 12.2 Å². The second-order valence-electron chi connectivity index (χ2n) is 5.17. The van der Waals surface area contributed by atoms with Crippen molar-refractivity contribution in [3.63, 3.8) is 0 Å². The summed E-state index contributed by atoms with van der Waals surface area (Å²) in [5, 5.41) is 0. The largest absolute Gasteiger partial charge is 0.0882 e. The third kappa shape index (κ3) is 7.09. The van der Waals surface area contributed by atoms with E-state index in [1.54, 1.807) is 0 Å². The van der Waals surface area contributed by atoms with Crippen molar-refractivity contribution < 1.29 is 0 Å². The molecule has 0 saturated heterocycles. The van der Waals surface area contributed by atoms with E-state index in [2.05, 4.69) is 25.5 Å². The molecule has 0 saturated carbocycles. The summed E-state index contributed by atoms with van der Waals surface area (Å²) < 4.78 is 0. The lowest BCUT2D eigenvalue weighted by atomic mass is 9.99. The lowest BCUT2D eigenvalue weighted by molar-refractivity contribution is 0.563. The van der Waals surface area contributed by atoms with Crippen LogP contribution in [0.1, 0.15) is 77.6 Å². The molecule has 16 heavy (non-hydrogen) atoms. The van der Waals surface area contributed by atoms with Crippen molar-refractivity contribution >= 4 is 0 Å². The Balaban J connectivity index is 1.73. The van der Waals surface area contributed by atoms with Crippen molar-refractivity contribution in [2.24, 2.45) is 5.92 Å². The minimum atomic E-state index is 0.810. The van der Waals surface area contributed by atoms with E-state index < -0.39 is 0 Å². The molecule has 0 aromatic rings. The maximum Gasteiger partial charge on any atom is -0.0199 e. The van der Waals surface area contributed by atoms with Gasteiger partial charge in [0, 0.05) is 0 Å². The highest BCUT2D eigenvalue weighted by molar-refractivity contribution is 5.01. The molecule has 93 valence electrons. The molecule has 0 N–H and O–H groups in total. The van der Waals surface area contributed by atoms with E-state index in [1.165, 1.54) is 70.6 Å². The van der Waals surface area contributed by atoms with Crippen molar-refractivity contribution in [2.45, 2.75) is 77.6 Å². The maximum atomic E-state index is 2.53. The molecular weight excluding hydrogens is 192 g/mol. The maximum absolute atomic E-state index is 2.53. The van der Waals surface area contributed by atoms with Gasteiger partial charge in [-0.2, -0.15) is 0 Å². The normalized spacial score (nSPS) is 19.4. The lowest BCUT2D eigenvalue weighted by Crippen LogP contribution is -1.92. The van der Waals surface area contributed by atoms with Gasteiger partial charge in [-0.05, 0) is 31.6 Å². The molecule has 0 aromatic heterocycles. The first kappa shape index (κ1) is 13.8. The van der Waals surface area contributed by atoms with Crippen LogP contribution in [0.2, 0.25) is 0 Å². The van der Waals surface area contributed by atoms with Gasteiger partial charge in [-0.25, -0.2) is 0 Å². The van der Waals surface area contributed by atoms with E-state index >= 15 is 0 Å². The monoisotopic (exact) mass is 221 g/mol. The minimum Gasteiger partial charge on any atom is -0.0882 e. The quantitative estimate of drug-likeness (QED) is 0.328. The summed E-state index contributed by atoms with van der Waals surface area (Å²) >= 11 is 0. The van der Waals surface area contributed by atoms with E-state index in [9.17, 15) is 0 Å². The van der Waals surface area contributed by atoms with Crippen LogP contribution >= 0.6 is 0 Å². The Bertz CT molecular complexity index is 169. The fourth-order valence-electron chi connectivity index (χ4n) is 2.46. The molecule has 0 spiro atoms. The molecule has 0 heterocycles. The SMILES string of the molecule is CCCCCCCCCC[CH]C1C=CCC1. The highest BCUT2D eigenvalue weighted by Gasteiger charge is 2.07. The zero-order chi connectivity index (χ0) is 11.5. The third-order valence-corrected chi connectivity index (χ3v) is 3.58. The fraction of sp³-hybridized carbons (Fsp3) is 0.812. The summed E-state index contributed by atoms with van der Waals surface area (Å²) in [5.74, 6) is 0.810. The predicted molar refractivity (Wildman–Crippen MR) is 73.4 cm³/mol. The van der Waals surface area contributed by atoms with Crippen molar-refractivity contribution in [1.29, 1.82) is 0 Å². The summed E-state index contributed by atoms with van der Waals surface area (Å²) in [7, 11) is 0. The Labute approximate surface area is 103 Å². The lowest BCUT2D eigenvalue weighted by Gasteiger charge is -2.06. The summed E-state index contributed by atoms with van der Waals surface area (Å²) in [6.07, 6.45) is 22.7. The van der Waals surface area contributed by atoms with Crippen molar-refractivity contribution in [3.05, 3.63) is 18.6 Å². The highest BCUT2D eigenvalue weighted by atomic mass is 14.1. The van der Waals surface area contributed by atoms with Gasteiger partial charge < -0.3 is 0 Å². The summed E-state index contributed by atoms with van der Waals surface area (Å²) in [6, 6.07) is 0. The standard InChI is InChI=1S/C16H29/c1-2-3-4-5-6-7-8-9-10-13-16-14-11-12-15-16/h11,13-14,16H,2-10,12,15H2,1H3. The van der Waals surface area contributed by atoms with Gasteiger partial charge in [0.05, 0.1) is 0 Å². The van der Waals surface area contributed by atoms with Gasteiger partial charge in [0.25, 0.3) is 0 Å². The van der Waals surface area contributed by atoms with Gasteiger partial charge in [0.15, 0.2) is 0 Å². The predicted octanol–water partition coefficient (Wildman–Crippen LogP) is 5.69. The first-order chi connectivity index (χ1) is 7.93. The second kappa shape index (κ2) is 9.93. The second-order valence-corrected chi connectivity index (χ2v) is 5.17. The summed E-state index contributed by atoms with van der Waals surface area (Å²) in [4.78, 5) is 0. The van der Waals surface area contributed by atoms with Crippen LogP contribution in [0.3, 0.4) is 0 Å². The van der Waals surface area contributed by atoms with Gasteiger partial charge in [0.1, 0.15) is 0 Å². The van der Waals surface area contributed by atoms with Crippen molar-refractivity contribution in [3.8, 4) is 0 Å². The highest BCUT2D eigenvalue weighted by Crippen LogP contribution is 2.22. The van der Waals surface area contributed by atoms with Crippen LogP contribution in [-0.2, 0) is 0 Å². The molecule has 1 aliphatic rings. The van der Waals surface area contributed by atoms with Crippen molar-refractivity contribution in [2.75, 3.05) is 0 Å². The number of rotatable bonds is 10. The molecule has 0 amide bonds. The Kier molecular flexibility index (Phi) is 8.57. The molecule has 1 radical (unpaired) electrons. The first-order valence-corrected chi connectivity index (χ1v) is 7.43. The molecule has 0 nitrogen and oxygen atoms in total. The van der Waals surface area contributed by atoms with Crippen LogP contribution in [0.4, 0.5) is 0 Å². The average molecular weight is 221 g/mol. The molecule has 1 unspecified atom stereocenters. The molecule has 1 atom stereocenters. The van der Waals surface area contributed by atoms with Crippen LogP contribution in [0, 0.1) is 12.3 Å². The summed E-state index contributed by atoms with van der Waals surface area (Å²) in [6.45, 7) is 2.29. The zero-order valence-corrected chi connectivity index (χ0v) is 11.1. The van der Waals surface area contributed by atoms with Gasteiger partial charge in [0.2, 0.25) is 0 Å². The molecule has 0 aliphatic heterocycles. The fourth-order valence-corrected chi connectivity index (χ4v) is 2.46.